The zero-order valence-electron chi connectivity index (χ0n) is 13.7. The highest BCUT2D eigenvalue weighted by Gasteiger charge is 2.16. The van der Waals surface area contributed by atoms with Crippen LogP contribution < -0.4 is 16.6 Å². The number of benzene rings is 1. The molecule has 3 rings (SSSR count). The molecule has 1 aromatic carbocycles. The van der Waals surface area contributed by atoms with E-state index in [4.69, 9.17) is 16.1 Å². The maximum atomic E-state index is 12.5. The number of carbonyl (C=O) groups excluding carboxylic acids is 1. The summed E-state index contributed by atoms with van der Waals surface area (Å²) in [5.74, 6) is -0.0351. The van der Waals surface area contributed by atoms with Crippen LogP contribution in [0.5, 0.6) is 0 Å². The number of H-pyrrole nitrogens is 1. The van der Waals surface area contributed by atoms with Crippen molar-refractivity contribution < 1.29 is 9.32 Å². The van der Waals surface area contributed by atoms with Gasteiger partial charge in [0.2, 0.25) is 5.89 Å². The van der Waals surface area contributed by atoms with Crippen molar-refractivity contribution in [1.29, 1.82) is 0 Å². The number of aryl methyl sites for hydroxylation is 1. The molecule has 0 radical (unpaired) electrons. The van der Waals surface area contributed by atoms with Gasteiger partial charge in [0, 0.05) is 11.2 Å². The van der Waals surface area contributed by atoms with E-state index in [2.05, 4.69) is 20.4 Å². The third-order valence-electron chi connectivity index (χ3n) is 3.56. The van der Waals surface area contributed by atoms with Gasteiger partial charge in [-0.25, -0.2) is 4.79 Å². The van der Waals surface area contributed by atoms with E-state index in [9.17, 15) is 14.4 Å². The Morgan fingerprint density at radius 2 is 2.12 bits per heavy atom. The lowest BCUT2D eigenvalue weighted by atomic mass is 10.2. The van der Waals surface area contributed by atoms with Gasteiger partial charge in [-0.05, 0) is 18.6 Å². The first kappa shape index (κ1) is 17.6. The van der Waals surface area contributed by atoms with Crippen molar-refractivity contribution in [3.05, 3.63) is 79.2 Å². The van der Waals surface area contributed by atoms with Crippen molar-refractivity contribution >= 4 is 17.5 Å². The fourth-order valence-corrected chi connectivity index (χ4v) is 2.47. The Morgan fingerprint density at radius 1 is 1.35 bits per heavy atom. The molecule has 0 aliphatic carbocycles. The number of rotatable bonds is 5. The van der Waals surface area contributed by atoms with Crippen molar-refractivity contribution in [2.45, 2.75) is 20.0 Å². The monoisotopic (exact) mass is 375 g/mol. The second kappa shape index (κ2) is 7.36. The third-order valence-corrected chi connectivity index (χ3v) is 3.93. The van der Waals surface area contributed by atoms with E-state index < -0.39 is 17.2 Å². The molecule has 0 aliphatic heterocycles. The molecule has 26 heavy (non-hydrogen) atoms. The summed E-state index contributed by atoms with van der Waals surface area (Å²) in [5.41, 5.74) is -1.000. The first-order valence-corrected chi connectivity index (χ1v) is 7.97. The summed E-state index contributed by atoms with van der Waals surface area (Å²) in [7, 11) is 0. The van der Waals surface area contributed by atoms with E-state index in [1.54, 1.807) is 31.2 Å². The van der Waals surface area contributed by atoms with Gasteiger partial charge in [-0.2, -0.15) is 4.98 Å². The zero-order chi connectivity index (χ0) is 18.7. The van der Waals surface area contributed by atoms with E-state index in [-0.39, 0.29) is 24.5 Å². The fraction of sp³-hybridized carbons (Fsp3) is 0.188. The largest absolute Gasteiger partial charge is 0.343 e. The normalized spacial score (nSPS) is 10.7. The minimum atomic E-state index is -0.729. The SMILES string of the molecule is Cc1noc(CNC(=O)c2c[nH]c(=O)n(Cc3ccccc3Cl)c2=O)n1. The van der Waals surface area contributed by atoms with Crippen LogP contribution in [0.2, 0.25) is 5.02 Å². The average molecular weight is 376 g/mol. The van der Waals surface area contributed by atoms with Gasteiger partial charge >= 0.3 is 5.69 Å². The highest BCUT2D eigenvalue weighted by molar-refractivity contribution is 6.31. The van der Waals surface area contributed by atoms with Gasteiger partial charge in [-0.15, -0.1) is 0 Å². The maximum Gasteiger partial charge on any atom is 0.328 e. The Labute approximate surface area is 151 Å². The maximum absolute atomic E-state index is 12.5. The second-order valence-electron chi connectivity index (χ2n) is 5.41. The van der Waals surface area contributed by atoms with Crippen molar-refractivity contribution in [2.24, 2.45) is 0 Å². The number of halogens is 1. The Morgan fingerprint density at radius 3 is 2.81 bits per heavy atom. The Bertz CT molecular complexity index is 1070. The lowest BCUT2D eigenvalue weighted by molar-refractivity contribution is 0.0943. The van der Waals surface area contributed by atoms with Crippen LogP contribution in [-0.4, -0.2) is 25.6 Å². The van der Waals surface area contributed by atoms with Crippen molar-refractivity contribution in [1.82, 2.24) is 25.0 Å². The molecular formula is C16H14ClN5O4. The van der Waals surface area contributed by atoms with Gasteiger partial charge in [0.25, 0.3) is 11.5 Å². The Kier molecular flexibility index (Phi) is 4.99. The molecule has 0 bridgehead atoms. The highest BCUT2D eigenvalue weighted by Crippen LogP contribution is 2.14. The first-order chi connectivity index (χ1) is 12.5. The number of nitrogens with zero attached hydrogens (tertiary/aromatic N) is 3. The predicted octanol–water partition coefficient (Wildman–Crippen LogP) is 0.860. The fourth-order valence-electron chi connectivity index (χ4n) is 2.28. The van der Waals surface area contributed by atoms with Gasteiger partial charge in [-0.1, -0.05) is 35.0 Å². The van der Waals surface area contributed by atoms with Crippen molar-refractivity contribution in [2.75, 3.05) is 0 Å². The third kappa shape index (κ3) is 3.72. The smallest absolute Gasteiger partial charge is 0.328 e. The summed E-state index contributed by atoms with van der Waals surface area (Å²) >= 11 is 6.07. The Hall–Kier alpha value is -3.20. The number of hydrogen-bond acceptors (Lipinski definition) is 6. The highest BCUT2D eigenvalue weighted by atomic mass is 35.5. The number of aromatic nitrogens is 4. The lowest BCUT2D eigenvalue weighted by Crippen LogP contribution is -2.40. The number of aromatic amines is 1. The molecule has 0 fully saturated rings. The lowest BCUT2D eigenvalue weighted by Gasteiger charge is -2.08. The molecule has 2 aromatic heterocycles. The summed E-state index contributed by atoms with van der Waals surface area (Å²) in [5, 5.41) is 6.51. The van der Waals surface area contributed by atoms with Crippen molar-refractivity contribution in [3.8, 4) is 0 Å². The van der Waals surface area contributed by atoms with Gasteiger partial charge in [0.1, 0.15) is 5.56 Å². The summed E-state index contributed by atoms with van der Waals surface area (Å²) in [6.07, 6.45) is 1.07. The molecule has 0 atom stereocenters. The molecule has 0 saturated carbocycles. The zero-order valence-corrected chi connectivity index (χ0v) is 14.4. The molecule has 2 heterocycles. The summed E-state index contributed by atoms with van der Waals surface area (Å²) in [6.45, 7) is 1.55. The molecule has 3 aromatic rings. The summed E-state index contributed by atoms with van der Waals surface area (Å²) < 4.78 is 5.79. The van der Waals surface area contributed by atoms with Gasteiger partial charge in [-0.3, -0.25) is 14.2 Å². The molecule has 10 heteroatoms. The van der Waals surface area contributed by atoms with E-state index in [1.165, 1.54) is 0 Å². The minimum Gasteiger partial charge on any atom is -0.343 e. The molecule has 0 saturated heterocycles. The molecule has 0 aliphatic rings. The molecule has 1 amide bonds. The van der Waals surface area contributed by atoms with Crippen LogP contribution >= 0.6 is 11.6 Å². The number of nitrogens with one attached hydrogen (secondary N) is 2. The van der Waals surface area contributed by atoms with Crippen LogP contribution in [0.4, 0.5) is 0 Å². The topological polar surface area (TPSA) is 123 Å². The van der Waals surface area contributed by atoms with Crippen LogP contribution in [0.1, 0.15) is 27.6 Å². The first-order valence-electron chi connectivity index (χ1n) is 7.59. The standard InChI is InChI=1S/C16H14ClN5O4/c1-9-20-13(26-21-9)7-18-14(23)11-6-19-16(25)22(15(11)24)8-10-4-2-3-5-12(10)17/h2-6H,7-8H2,1H3,(H,18,23)(H,19,25). The number of amides is 1. The minimum absolute atomic E-state index is 0.0389. The second-order valence-corrected chi connectivity index (χ2v) is 5.82. The number of carbonyl (C=O) groups is 1. The molecule has 0 spiro atoms. The number of hydrogen-bond donors (Lipinski definition) is 2. The van der Waals surface area contributed by atoms with Crippen molar-refractivity contribution in [3.63, 3.8) is 0 Å². The van der Waals surface area contributed by atoms with E-state index in [0.717, 1.165) is 10.8 Å². The summed E-state index contributed by atoms with van der Waals surface area (Å²) in [6, 6.07) is 6.82. The molecule has 134 valence electrons. The predicted molar refractivity (Wildman–Crippen MR) is 92.1 cm³/mol. The van der Waals surface area contributed by atoms with Crippen LogP contribution in [-0.2, 0) is 13.1 Å². The van der Waals surface area contributed by atoms with Crippen LogP contribution in [0.15, 0.2) is 44.6 Å². The van der Waals surface area contributed by atoms with E-state index in [1.807, 2.05) is 0 Å². The molecule has 2 N–H and O–H groups in total. The summed E-state index contributed by atoms with van der Waals surface area (Å²) in [4.78, 5) is 43.2. The molecule has 0 unspecified atom stereocenters. The van der Waals surface area contributed by atoms with Crippen LogP contribution in [0.3, 0.4) is 0 Å². The molecular weight excluding hydrogens is 362 g/mol. The van der Waals surface area contributed by atoms with Gasteiger partial charge in [0.15, 0.2) is 5.82 Å². The van der Waals surface area contributed by atoms with Crippen LogP contribution in [0.25, 0.3) is 0 Å². The Balaban J connectivity index is 1.84. The van der Waals surface area contributed by atoms with Gasteiger partial charge in [0.05, 0.1) is 13.1 Å². The quantitative estimate of drug-likeness (QED) is 0.681. The average Bonchev–Trinajstić information content (AvgIpc) is 3.03. The molecule has 9 nitrogen and oxygen atoms in total. The van der Waals surface area contributed by atoms with Gasteiger partial charge < -0.3 is 14.8 Å². The van der Waals surface area contributed by atoms with E-state index >= 15 is 0 Å². The van der Waals surface area contributed by atoms with E-state index in [0.29, 0.717) is 16.4 Å². The van der Waals surface area contributed by atoms with Crippen LogP contribution in [0, 0.1) is 6.92 Å².